The van der Waals surface area contributed by atoms with Gasteiger partial charge < -0.3 is 14.8 Å². The Balaban J connectivity index is 1.62. The molecule has 0 fully saturated rings. The van der Waals surface area contributed by atoms with Gasteiger partial charge in [-0.1, -0.05) is 12.1 Å². The molecule has 0 radical (unpaired) electrons. The van der Waals surface area contributed by atoms with Gasteiger partial charge >= 0.3 is 0 Å². The van der Waals surface area contributed by atoms with E-state index in [-0.39, 0.29) is 17.6 Å². The molecule has 1 aromatic heterocycles. The number of rotatable bonds is 8. The molecule has 150 valence electrons. The maximum Gasteiger partial charge on any atom is 0.258 e. The Morgan fingerprint density at radius 1 is 1.07 bits per heavy atom. The summed E-state index contributed by atoms with van der Waals surface area (Å²) in [4.78, 5) is 29.6. The first-order valence-electron chi connectivity index (χ1n) is 8.55. The topological polar surface area (TPSA) is 89.5 Å². The number of aromatic nitrogens is 1. The molecule has 3 rings (SSSR count). The number of thioether (sulfide) groups is 1. The Morgan fingerprint density at radius 2 is 1.86 bits per heavy atom. The van der Waals surface area contributed by atoms with Gasteiger partial charge in [-0.25, -0.2) is 4.98 Å². The van der Waals surface area contributed by atoms with Crippen LogP contribution < -0.4 is 20.1 Å². The molecule has 0 atom stereocenters. The molecule has 2 aromatic carbocycles. The number of carbonyl (C=O) groups is 2. The van der Waals surface area contributed by atoms with Crippen LogP contribution in [0.3, 0.4) is 0 Å². The maximum absolute atomic E-state index is 12.5. The molecule has 0 saturated carbocycles. The average Bonchev–Trinajstić information content (AvgIpc) is 3.25. The number of ether oxygens (including phenoxy) is 2. The van der Waals surface area contributed by atoms with E-state index >= 15 is 0 Å². The molecule has 3 aromatic rings. The van der Waals surface area contributed by atoms with Crippen LogP contribution in [0, 0.1) is 0 Å². The highest BCUT2D eigenvalue weighted by atomic mass is 32.2. The fraction of sp³-hybridized carbons (Fsp3) is 0.150. The molecular weight excluding hydrogens is 410 g/mol. The number of nitrogens with zero attached hydrogens (tertiary/aromatic N) is 1. The highest BCUT2D eigenvalue weighted by Gasteiger charge is 2.14. The lowest BCUT2D eigenvalue weighted by molar-refractivity contribution is -0.113. The molecule has 0 aliphatic rings. The largest absolute Gasteiger partial charge is 0.493 e. The second kappa shape index (κ2) is 9.94. The third kappa shape index (κ3) is 5.49. The number of nitrogens with one attached hydrogen (secondary N) is 2. The summed E-state index contributed by atoms with van der Waals surface area (Å²) >= 11 is 2.63. The Labute approximate surface area is 176 Å². The molecule has 0 aliphatic heterocycles. The van der Waals surface area contributed by atoms with E-state index in [1.54, 1.807) is 49.0 Å². The van der Waals surface area contributed by atoms with Crippen LogP contribution in [0.15, 0.2) is 58.9 Å². The van der Waals surface area contributed by atoms with Crippen LogP contribution in [0.5, 0.6) is 11.5 Å². The van der Waals surface area contributed by atoms with Crippen LogP contribution in [0.25, 0.3) is 0 Å². The average molecular weight is 430 g/mol. The van der Waals surface area contributed by atoms with Gasteiger partial charge in [0.2, 0.25) is 5.91 Å². The van der Waals surface area contributed by atoms with Crippen molar-refractivity contribution < 1.29 is 19.1 Å². The summed E-state index contributed by atoms with van der Waals surface area (Å²) in [5.74, 6) is 0.804. The molecule has 0 saturated heterocycles. The molecule has 1 heterocycles. The van der Waals surface area contributed by atoms with Crippen molar-refractivity contribution in [2.75, 3.05) is 30.6 Å². The van der Waals surface area contributed by atoms with Crippen molar-refractivity contribution in [1.82, 2.24) is 4.98 Å². The smallest absolute Gasteiger partial charge is 0.258 e. The predicted molar refractivity (Wildman–Crippen MR) is 115 cm³/mol. The number of amides is 2. The second-order valence-electron chi connectivity index (χ2n) is 5.69. The lowest BCUT2D eigenvalue weighted by atomic mass is 10.2. The monoisotopic (exact) mass is 429 g/mol. The zero-order chi connectivity index (χ0) is 20.6. The zero-order valence-electron chi connectivity index (χ0n) is 15.8. The molecule has 0 aliphatic carbocycles. The lowest BCUT2D eigenvalue weighted by Gasteiger charge is -2.11. The highest BCUT2D eigenvalue weighted by Crippen LogP contribution is 2.30. The Morgan fingerprint density at radius 3 is 2.59 bits per heavy atom. The van der Waals surface area contributed by atoms with E-state index in [9.17, 15) is 9.59 Å². The van der Waals surface area contributed by atoms with Crippen molar-refractivity contribution in [2.24, 2.45) is 0 Å². The van der Waals surface area contributed by atoms with Gasteiger partial charge in [0.1, 0.15) is 0 Å². The number of thiazole rings is 1. The summed E-state index contributed by atoms with van der Waals surface area (Å²) < 4.78 is 10.4. The molecule has 0 unspecified atom stereocenters. The Hall–Kier alpha value is -3.04. The predicted octanol–water partition coefficient (Wildman–Crippen LogP) is 4.14. The lowest BCUT2D eigenvalue weighted by Crippen LogP contribution is -2.16. The number of benzene rings is 2. The first kappa shape index (κ1) is 20.7. The van der Waals surface area contributed by atoms with E-state index in [0.29, 0.717) is 32.8 Å². The second-order valence-corrected chi connectivity index (χ2v) is 7.61. The molecule has 2 N–H and O–H groups in total. The summed E-state index contributed by atoms with van der Waals surface area (Å²) in [5.41, 5.74) is 1.09. The first-order chi connectivity index (χ1) is 14.1. The van der Waals surface area contributed by atoms with Crippen LogP contribution in [0.2, 0.25) is 0 Å². The zero-order valence-corrected chi connectivity index (χ0v) is 17.4. The maximum atomic E-state index is 12.5. The van der Waals surface area contributed by atoms with E-state index in [0.717, 1.165) is 0 Å². The quantitative estimate of drug-likeness (QED) is 0.523. The summed E-state index contributed by atoms with van der Waals surface area (Å²) in [6, 6.07) is 12.3. The van der Waals surface area contributed by atoms with Crippen LogP contribution in [0.1, 0.15) is 10.4 Å². The SMILES string of the molecule is COc1ccc(NC(=O)CSc2ccccc2C(=O)Nc2nccs2)cc1OC. The third-order valence-electron chi connectivity index (χ3n) is 3.81. The molecule has 0 spiro atoms. The minimum Gasteiger partial charge on any atom is -0.493 e. The molecule has 0 bridgehead atoms. The van der Waals surface area contributed by atoms with Gasteiger partial charge in [0.25, 0.3) is 5.91 Å². The van der Waals surface area contributed by atoms with Gasteiger partial charge in [0.15, 0.2) is 16.6 Å². The van der Waals surface area contributed by atoms with Gasteiger partial charge in [0, 0.05) is 28.2 Å². The molecule has 2 amide bonds. The fourth-order valence-corrected chi connectivity index (χ4v) is 3.86. The van der Waals surface area contributed by atoms with Gasteiger partial charge in [-0.2, -0.15) is 0 Å². The van der Waals surface area contributed by atoms with E-state index in [2.05, 4.69) is 15.6 Å². The molecular formula is C20H19N3O4S2. The molecule has 29 heavy (non-hydrogen) atoms. The summed E-state index contributed by atoms with van der Waals surface area (Å²) in [5, 5.41) is 7.89. The van der Waals surface area contributed by atoms with Crippen molar-refractivity contribution in [1.29, 1.82) is 0 Å². The standard InChI is InChI=1S/C20H19N3O4S2/c1-26-15-8-7-13(11-16(15)27-2)22-18(24)12-29-17-6-4-3-5-14(17)19(25)23-20-21-9-10-28-20/h3-11H,12H2,1-2H3,(H,22,24)(H,21,23,25). The minimum atomic E-state index is -0.261. The van der Waals surface area contributed by atoms with Crippen molar-refractivity contribution in [3.8, 4) is 11.5 Å². The van der Waals surface area contributed by atoms with Crippen molar-refractivity contribution >= 4 is 45.7 Å². The summed E-state index contributed by atoms with van der Waals surface area (Å²) in [6.45, 7) is 0. The molecule has 7 nitrogen and oxygen atoms in total. The number of hydrogen-bond acceptors (Lipinski definition) is 7. The Bertz CT molecular complexity index is 993. The molecule has 9 heteroatoms. The van der Waals surface area contributed by atoms with Crippen LogP contribution in [0.4, 0.5) is 10.8 Å². The number of methoxy groups -OCH3 is 2. The van der Waals surface area contributed by atoms with Crippen LogP contribution >= 0.6 is 23.1 Å². The highest BCUT2D eigenvalue weighted by molar-refractivity contribution is 8.00. The fourth-order valence-electron chi connectivity index (χ4n) is 2.48. The van der Waals surface area contributed by atoms with E-state index in [1.807, 2.05) is 12.1 Å². The summed E-state index contributed by atoms with van der Waals surface area (Å²) in [7, 11) is 3.09. The number of hydrogen-bond donors (Lipinski definition) is 2. The first-order valence-corrected chi connectivity index (χ1v) is 10.4. The van der Waals surface area contributed by atoms with E-state index in [4.69, 9.17) is 9.47 Å². The van der Waals surface area contributed by atoms with Gasteiger partial charge in [-0.15, -0.1) is 23.1 Å². The normalized spacial score (nSPS) is 10.3. The van der Waals surface area contributed by atoms with Gasteiger partial charge in [-0.05, 0) is 24.3 Å². The van der Waals surface area contributed by atoms with Crippen molar-refractivity contribution in [3.05, 3.63) is 59.6 Å². The number of carbonyl (C=O) groups excluding carboxylic acids is 2. The summed E-state index contributed by atoms with van der Waals surface area (Å²) in [6.07, 6.45) is 1.62. The minimum absolute atomic E-state index is 0.149. The number of anilines is 2. The van der Waals surface area contributed by atoms with Crippen LogP contribution in [-0.2, 0) is 4.79 Å². The van der Waals surface area contributed by atoms with Crippen molar-refractivity contribution in [3.63, 3.8) is 0 Å². The van der Waals surface area contributed by atoms with Crippen LogP contribution in [-0.4, -0.2) is 36.8 Å². The van der Waals surface area contributed by atoms with Crippen molar-refractivity contribution in [2.45, 2.75) is 4.90 Å². The van der Waals surface area contributed by atoms with E-state index < -0.39 is 0 Å². The Kier molecular flexibility index (Phi) is 7.09. The van der Waals surface area contributed by atoms with Gasteiger partial charge in [-0.3, -0.25) is 14.9 Å². The van der Waals surface area contributed by atoms with E-state index in [1.165, 1.54) is 30.2 Å². The van der Waals surface area contributed by atoms with Gasteiger partial charge in [0.05, 0.1) is 25.5 Å². The third-order valence-corrected chi connectivity index (χ3v) is 5.57.